The molecule has 0 saturated carbocycles. The fraction of sp³-hybridized carbons (Fsp3) is 0.520. The third kappa shape index (κ3) is 4.60. The second-order valence-corrected chi connectivity index (χ2v) is 11.3. The van der Waals surface area contributed by atoms with Crippen molar-refractivity contribution in [2.24, 2.45) is 5.41 Å². The van der Waals surface area contributed by atoms with E-state index >= 15 is 0 Å². The minimum Gasteiger partial charge on any atom is -0.444 e. The van der Waals surface area contributed by atoms with Crippen LogP contribution < -0.4 is 10.2 Å². The van der Waals surface area contributed by atoms with Crippen molar-refractivity contribution in [1.29, 1.82) is 0 Å². The Labute approximate surface area is 220 Å². The molecule has 1 spiro atoms. The maximum Gasteiger partial charge on any atom is 0.407 e. The van der Waals surface area contributed by atoms with Crippen molar-refractivity contribution in [3.8, 4) is 11.3 Å². The predicted octanol–water partition coefficient (Wildman–Crippen LogP) is 5.00. The van der Waals surface area contributed by atoms with Crippen LogP contribution >= 0.6 is 23.2 Å². The van der Waals surface area contributed by atoms with Gasteiger partial charge in [0.05, 0.1) is 40.7 Å². The molecule has 192 valence electrons. The predicted molar refractivity (Wildman–Crippen MR) is 139 cm³/mol. The van der Waals surface area contributed by atoms with E-state index in [2.05, 4.69) is 20.3 Å². The SMILES string of the molecule is C[C@@H]1OCC2(CCN(c3ncc(-c4cccc(Cl)c4Cl)n4ncnc34)CC2)C1NC(=O)OC(C)(C)C. The number of benzene rings is 1. The number of alkyl carbamates (subject to hydrolysis) is 1. The zero-order valence-corrected chi connectivity index (χ0v) is 22.3. The molecule has 2 fully saturated rings. The lowest BCUT2D eigenvalue weighted by molar-refractivity contribution is 0.0434. The van der Waals surface area contributed by atoms with Crippen LogP contribution in [0, 0.1) is 5.41 Å². The van der Waals surface area contributed by atoms with E-state index in [9.17, 15) is 4.79 Å². The number of rotatable bonds is 3. The van der Waals surface area contributed by atoms with Crippen LogP contribution in [0.5, 0.6) is 0 Å². The lowest BCUT2D eigenvalue weighted by Gasteiger charge is -2.43. The molecule has 1 unspecified atom stereocenters. The number of nitrogens with one attached hydrogen (secondary N) is 1. The molecule has 0 bridgehead atoms. The molecule has 4 heterocycles. The van der Waals surface area contributed by atoms with Crippen LogP contribution in [0.4, 0.5) is 10.6 Å². The van der Waals surface area contributed by atoms with Crippen molar-refractivity contribution in [3.63, 3.8) is 0 Å². The summed E-state index contributed by atoms with van der Waals surface area (Å²) in [4.78, 5) is 24.0. The normalized spacial score (nSPS) is 21.8. The topological polar surface area (TPSA) is 93.9 Å². The molecule has 36 heavy (non-hydrogen) atoms. The molecule has 0 radical (unpaired) electrons. The van der Waals surface area contributed by atoms with Crippen LogP contribution in [-0.4, -0.2) is 63.1 Å². The Morgan fingerprint density at radius 1 is 1.22 bits per heavy atom. The van der Waals surface area contributed by atoms with E-state index < -0.39 is 11.7 Å². The standard InChI is InChI=1S/C25H30Cl2N6O3/c1-15-20(31-23(34)36-24(2,3)4)25(13-35-15)8-10-32(11-9-25)21-22-29-14-30-33(22)18(12-28-21)16-6-5-7-17(26)19(16)27/h5-7,12,14-15,20H,8-11,13H2,1-4H3,(H,31,34)/t15-,20?/m0/s1. The van der Waals surface area contributed by atoms with Gasteiger partial charge in [-0.25, -0.2) is 19.3 Å². The van der Waals surface area contributed by atoms with Gasteiger partial charge < -0.3 is 19.7 Å². The third-order valence-electron chi connectivity index (χ3n) is 7.01. The molecule has 5 rings (SSSR count). The summed E-state index contributed by atoms with van der Waals surface area (Å²) in [6, 6.07) is 5.35. The van der Waals surface area contributed by atoms with E-state index in [1.54, 1.807) is 16.8 Å². The Morgan fingerprint density at radius 3 is 2.69 bits per heavy atom. The van der Waals surface area contributed by atoms with E-state index in [-0.39, 0.29) is 17.6 Å². The third-order valence-corrected chi connectivity index (χ3v) is 7.83. The molecular weight excluding hydrogens is 503 g/mol. The lowest BCUT2D eigenvalue weighted by Crippen LogP contribution is -2.55. The molecule has 2 atom stereocenters. The number of fused-ring (bicyclic) bond motifs is 1. The first kappa shape index (κ1) is 25.0. The summed E-state index contributed by atoms with van der Waals surface area (Å²) in [7, 11) is 0. The fourth-order valence-corrected chi connectivity index (χ4v) is 5.62. The number of hydrogen-bond donors (Lipinski definition) is 1. The molecule has 2 saturated heterocycles. The summed E-state index contributed by atoms with van der Waals surface area (Å²) in [5, 5.41) is 8.44. The van der Waals surface area contributed by atoms with Crippen LogP contribution in [0.1, 0.15) is 40.5 Å². The van der Waals surface area contributed by atoms with E-state index in [0.29, 0.717) is 28.0 Å². The van der Waals surface area contributed by atoms with Gasteiger partial charge in [-0.3, -0.25) is 0 Å². The number of hydrogen-bond acceptors (Lipinski definition) is 7. The van der Waals surface area contributed by atoms with Crippen molar-refractivity contribution in [1.82, 2.24) is 24.9 Å². The van der Waals surface area contributed by atoms with Crippen molar-refractivity contribution < 1.29 is 14.3 Å². The molecule has 1 amide bonds. The van der Waals surface area contributed by atoms with Gasteiger partial charge in [0.15, 0.2) is 11.5 Å². The number of ether oxygens (including phenoxy) is 2. The Kier molecular flexibility index (Phi) is 6.51. The van der Waals surface area contributed by atoms with Gasteiger partial charge in [-0.15, -0.1) is 0 Å². The highest BCUT2D eigenvalue weighted by Gasteiger charge is 2.50. The fourth-order valence-electron chi connectivity index (χ4n) is 5.22. The first-order valence-electron chi connectivity index (χ1n) is 12.1. The van der Waals surface area contributed by atoms with Gasteiger partial charge in [0, 0.05) is 24.1 Å². The monoisotopic (exact) mass is 532 g/mol. The van der Waals surface area contributed by atoms with Crippen molar-refractivity contribution >= 4 is 40.8 Å². The first-order valence-corrected chi connectivity index (χ1v) is 12.8. The van der Waals surface area contributed by atoms with Crippen molar-refractivity contribution in [2.45, 2.75) is 58.3 Å². The van der Waals surface area contributed by atoms with Crippen LogP contribution in [0.2, 0.25) is 10.0 Å². The second kappa shape index (κ2) is 9.36. The lowest BCUT2D eigenvalue weighted by atomic mass is 9.73. The quantitative estimate of drug-likeness (QED) is 0.507. The number of aromatic nitrogens is 4. The maximum absolute atomic E-state index is 12.5. The van der Waals surface area contributed by atoms with Gasteiger partial charge >= 0.3 is 6.09 Å². The summed E-state index contributed by atoms with van der Waals surface area (Å²) >= 11 is 12.7. The number of anilines is 1. The van der Waals surface area contributed by atoms with E-state index in [1.165, 1.54) is 6.33 Å². The Balaban J connectivity index is 1.36. The van der Waals surface area contributed by atoms with Crippen LogP contribution in [0.3, 0.4) is 0 Å². The Hall–Kier alpha value is -2.62. The second-order valence-electron chi connectivity index (χ2n) is 10.6. The number of carbonyl (C=O) groups is 1. The molecule has 2 aliphatic rings. The number of piperidine rings is 1. The van der Waals surface area contributed by atoms with Gasteiger partial charge in [-0.1, -0.05) is 35.3 Å². The molecule has 3 aromatic rings. The largest absolute Gasteiger partial charge is 0.444 e. The van der Waals surface area contributed by atoms with E-state index in [4.69, 9.17) is 37.7 Å². The van der Waals surface area contributed by atoms with Crippen LogP contribution in [0.15, 0.2) is 30.7 Å². The summed E-state index contributed by atoms with van der Waals surface area (Å²) in [5.41, 5.74) is 1.39. The van der Waals surface area contributed by atoms with E-state index in [1.807, 2.05) is 39.8 Å². The Morgan fingerprint density at radius 2 is 1.97 bits per heavy atom. The van der Waals surface area contributed by atoms with Gasteiger partial charge in [-0.2, -0.15) is 5.10 Å². The zero-order valence-electron chi connectivity index (χ0n) is 20.8. The maximum atomic E-state index is 12.5. The van der Waals surface area contributed by atoms with Gasteiger partial charge in [0.1, 0.15) is 11.9 Å². The highest BCUT2D eigenvalue weighted by Crippen LogP contribution is 2.43. The zero-order chi connectivity index (χ0) is 25.7. The molecule has 2 aromatic heterocycles. The van der Waals surface area contributed by atoms with Crippen LogP contribution in [0.25, 0.3) is 16.9 Å². The molecular formula is C25H30Cl2N6O3. The minimum absolute atomic E-state index is 0.0906. The first-order chi connectivity index (χ1) is 17.1. The van der Waals surface area contributed by atoms with E-state index in [0.717, 1.165) is 37.3 Å². The molecule has 1 aromatic carbocycles. The molecule has 1 N–H and O–H groups in total. The molecule has 0 aliphatic carbocycles. The van der Waals surface area contributed by atoms with Crippen LogP contribution in [-0.2, 0) is 9.47 Å². The number of carbonyl (C=O) groups excluding carboxylic acids is 1. The number of amides is 1. The Bertz CT molecular complexity index is 1280. The van der Waals surface area contributed by atoms with Gasteiger partial charge in [0.25, 0.3) is 0 Å². The van der Waals surface area contributed by atoms with Crippen molar-refractivity contribution in [2.75, 3.05) is 24.6 Å². The molecule has 2 aliphatic heterocycles. The average Bonchev–Trinajstić information content (AvgIpc) is 3.42. The smallest absolute Gasteiger partial charge is 0.407 e. The van der Waals surface area contributed by atoms with Crippen molar-refractivity contribution in [3.05, 3.63) is 40.8 Å². The molecule has 11 heteroatoms. The van der Waals surface area contributed by atoms with Gasteiger partial charge in [0.2, 0.25) is 0 Å². The highest BCUT2D eigenvalue weighted by molar-refractivity contribution is 6.43. The number of halogens is 2. The average molecular weight is 533 g/mol. The molecule has 9 nitrogen and oxygen atoms in total. The minimum atomic E-state index is -0.555. The summed E-state index contributed by atoms with van der Waals surface area (Å²) in [6.45, 7) is 9.68. The summed E-state index contributed by atoms with van der Waals surface area (Å²) < 4.78 is 13.3. The summed E-state index contributed by atoms with van der Waals surface area (Å²) in [5.74, 6) is 0.757. The number of nitrogens with zero attached hydrogens (tertiary/aromatic N) is 5. The summed E-state index contributed by atoms with van der Waals surface area (Å²) in [6.07, 6.45) is 4.44. The van der Waals surface area contributed by atoms with Gasteiger partial charge in [-0.05, 0) is 46.6 Å². The highest BCUT2D eigenvalue weighted by atomic mass is 35.5.